The van der Waals surface area contributed by atoms with Crippen molar-refractivity contribution in [3.8, 4) is 11.5 Å². The first kappa shape index (κ1) is 19.6. The molecule has 1 aliphatic rings. The van der Waals surface area contributed by atoms with E-state index in [-0.39, 0.29) is 16.2 Å². The molecule has 27 heavy (non-hydrogen) atoms. The second-order valence-corrected chi connectivity index (χ2v) is 9.29. The number of amides is 1. The van der Waals surface area contributed by atoms with Gasteiger partial charge in [0.1, 0.15) is 16.9 Å². The Morgan fingerprint density at radius 1 is 1.11 bits per heavy atom. The summed E-state index contributed by atoms with van der Waals surface area (Å²) in [5.41, 5.74) is 1.78. The summed E-state index contributed by atoms with van der Waals surface area (Å²) in [4.78, 5) is 14.5. The van der Waals surface area contributed by atoms with Crippen molar-refractivity contribution in [1.29, 1.82) is 0 Å². The molecule has 0 spiro atoms. The van der Waals surface area contributed by atoms with E-state index in [1.54, 1.807) is 61.2 Å². The molecule has 6 nitrogen and oxygen atoms in total. The Balaban J connectivity index is 1.87. The van der Waals surface area contributed by atoms with E-state index in [0.717, 1.165) is 11.1 Å². The third-order valence-corrected chi connectivity index (χ3v) is 6.75. The lowest BCUT2D eigenvalue weighted by molar-refractivity contribution is -0.128. The molecular weight excluding hydrogens is 386 g/mol. The number of hydrogen-bond acceptors (Lipinski definition) is 6. The van der Waals surface area contributed by atoms with Crippen molar-refractivity contribution in [2.75, 3.05) is 26.2 Å². The molecule has 0 aliphatic carbocycles. The Hall–Kier alpha value is -2.19. The number of thioether (sulfide) groups is 1. The largest absolute Gasteiger partial charge is 0.497 e. The van der Waals surface area contributed by atoms with E-state index in [2.05, 4.69) is 0 Å². The molecule has 1 unspecified atom stereocenters. The topological polar surface area (TPSA) is 72.9 Å². The second-order valence-electron chi connectivity index (χ2n) is 6.21. The van der Waals surface area contributed by atoms with E-state index in [1.807, 2.05) is 12.1 Å². The molecule has 0 aromatic heterocycles. The fourth-order valence-electron chi connectivity index (χ4n) is 2.94. The summed E-state index contributed by atoms with van der Waals surface area (Å²) < 4.78 is 33.9. The molecule has 2 aromatic carbocycles. The molecule has 144 valence electrons. The van der Waals surface area contributed by atoms with Crippen molar-refractivity contribution in [3.63, 3.8) is 0 Å². The maximum atomic E-state index is 12.5. The van der Waals surface area contributed by atoms with E-state index in [0.29, 0.717) is 23.8 Å². The van der Waals surface area contributed by atoms with Gasteiger partial charge in [-0.15, -0.1) is 11.8 Å². The standard InChI is InChI=1S/C19H21NO5S2/c1-24-14-6-9-16(17(10-14)25-2)19-20(18(21)12-26-19)11-13-4-7-15(8-5-13)27(3,22)23/h4-10,19H,11-12H2,1-3H3. The van der Waals surface area contributed by atoms with Crippen molar-refractivity contribution in [1.82, 2.24) is 4.90 Å². The van der Waals surface area contributed by atoms with Gasteiger partial charge in [0.05, 0.1) is 24.9 Å². The Bertz CT molecular complexity index is 941. The number of ether oxygens (including phenoxy) is 2. The highest BCUT2D eigenvalue weighted by Gasteiger charge is 2.34. The minimum absolute atomic E-state index is 0.0371. The second kappa shape index (κ2) is 7.82. The Morgan fingerprint density at radius 2 is 1.81 bits per heavy atom. The summed E-state index contributed by atoms with van der Waals surface area (Å²) in [5, 5.41) is -0.173. The first-order chi connectivity index (χ1) is 12.8. The van der Waals surface area contributed by atoms with Gasteiger partial charge in [-0.2, -0.15) is 0 Å². The van der Waals surface area contributed by atoms with Gasteiger partial charge >= 0.3 is 0 Å². The number of benzene rings is 2. The van der Waals surface area contributed by atoms with Crippen molar-refractivity contribution < 1.29 is 22.7 Å². The molecular formula is C19H21NO5S2. The van der Waals surface area contributed by atoms with Crippen LogP contribution in [0.3, 0.4) is 0 Å². The lowest BCUT2D eigenvalue weighted by Gasteiger charge is -2.26. The number of rotatable bonds is 6. The van der Waals surface area contributed by atoms with Crippen LogP contribution in [0.25, 0.3) is 0 Å². The highest BCUT2D eigenvalue weighted by Crippen LogP contribution is 2.44. The van der Waals surface area contributed by atoms with Gasteiger partial charge in [0.2, 0.25) is 5.91 Å². The van der Waals surface area contributed by atoms with E-state index >= 15 is 0 Å². The lowest BCUT2D eigenvalue weighted by atomic mass is 10.1. The smallest absolute Gasteiger partial charge is 0.234 e. The number of hydrogen-bond donors (Lipinski definition) is 0. The van der Waals surface area contributed by atoms with Crippen LogP contribution >= 0.6 is 11.8 Å². The van der Waals surface area contributed by atoms with Gasteiger partial charge in [0.25, 0.3) is 0 Å². The van der Waals surface area contributed by atoms with Crippen molar-refractivity contribution in [3.05, 3.63) is 53.6 Å². The molecule has 8 heteroatoms. The molecule has 0 saturated carbocycles. The summed E-state index contributed by atoms with van der Waals surface area (Å²) in [6, 6.07) is 12.2. The van der Waals surface area contributed by atoms with Crippen LogP contribution in [0.2, 0.25) is 0 Å². The van der Waals surface area contributed by atoms with Crippen LogP contribution in [0.1, 0.15) is 16.5 Å². The molecule has 1 amide bonds. The molecule has 1 heterocycles. The summed E-state index contributed by atoms with van der Waals surface area (Å²) >= 11 is 1.54. The first-order valence-corrected chi connectivity index (χ1v) is 11.2. The molecule has 0 bridgehead atoms. The lowest BCUT2D eigenvalue weighted by Crippen LogP contribution is -2.27. The zero-order valence-electron chi connectivity index (χ0n) is 15.3. The van der Waals surface area contributed by atoms with Crippen LogP contribution in [-0.4, -0.2) is 45.5 Å². The van der Waals surface area contributed by atoms with E-state index in [9.17, 15) is 13.2 Å². The normalized spacial score (nSPS) is 17.2. The summed E-state index contributed by atoms with van der Waals surface area (Å²) in [5.74, 6) is 1.78. The average Bonchev–Trinajstić information content (AvgIpc) is 3.01. The Labute approximate surface area is 163 Å². The Morgan fingerprint density at radius 3 is 2.41 bits per heavy atom. The molecule has 3 rings (SSSR count). The minimum Gasteiger partial charge on any atom is -0.497 e. The fourth-order valence-corrected chi connectivity index (χ4v) is 4.79. The highest BCUT2D eigenvalue weighted by atomic mass is 32.2. The van der Waals surface area contributed by atoms with E-state index < -0.39 is 9.84 Å². The molecule has 0 N–H and O–H groups in total. The van der Waals surface area contributed by atoms with E-state index in [4.69, 9.17) is 9.47 Å². The number of sulfone groups is 1. The molecule has 2 aromatic rings. The van der Waals surface area contributed by atoms with Crippen LogP contribution < -0.4 is 9.47 Å². The van der Waals surface area contributed by atoms with Crippen LogP contribution in [0, 0.1) is 0 Å². The van der Waals surface area contributed by atoms with Crippen molar-refractivity contribution in [2.45, 2.75) is 16.8 Å². The maximum absolute atomic E-state index is 12.5. The van der Waals surface area contributed by atoms with Gasteiger partial charge in [-0.1, -0.05) is 12.1 Å². The summed E-state index contributed by atoms with van der Waals surface area (Å²) in [7, 11) is -0.0568. The number of carbonyl (C=O) groups excluding carboxylic acids is 1. The van der Waals surface area contributed by atoms with Crippen molar-refractivity contribution >= 4 is 27.5 Å². The van der Waals surface area contributed by atoms with Crippen LogP contribution in [0.15, 0.2) is 47.4 Å². The van der Waals surface area contributed by atoms with Crippen molar-refractivity contribution in [2.24, 2.45) is 0 Å². The van der Waals surface area contributed by atoms with Crippen LogP contribution in [0.4, 0.5) is 0 Å². The third kappa shape index (κ3) is 4.22. The van der Waals surface area contributed by atoms with Gasteiger partial charge in [-0.3, -0.25) is 4.79 Å². The number of carbonyl (C=O) groups is 1. The van der Waals surface area contributed by atoms with Gasteiger partial charge in [-0.05, 0) is 29.8 Å². The zero-order valence-corrected chi connectivity index (χ0v) is 17.0. The Kier molecular flexibility index (Phi) is 5.67. The number of nitrogens with zero attached hydrogens (tertiary/aromatic N) is 1. The summed E-state index contributed by atoms with van der Waals surface area (Å²) in [6.45, 7) is 0.399. The van der Waals surface area contributed by atoms with Gasteiger partial charge in [0, 0.05) is 24.4 Å². The maximum Gasteiger partial charge on any atom is 0.234 e. The van der Waals surface area contributed by atoms with Crippen LogP contribution in [0.5, 0.6) is 11.5 Å². The quantitative estimate of drug-likeness (QED) is 0.733. The highest BCUT2D eigenvalue weighted by molar-refractivity contribution is 8.00. The fraction of sp³-hybridized carbons (Fsp3) is 0.316. The predicted molar refractivity (Wildman–Crippen MR) is 105 cm³/mol. The summed E-state index contributed by atoms with van der Waals surface area (Å²) in [6.07, 6.45) is 1.18. The zero-order chi connectivity index (χ0) is 19.6. The molecule has 0 radical (unpaired) electrons. The van der Waals surface area contributed by atoms with Gasteiger partial charge < -0.3 is 14.4 Å². The van der Waals surface area contributed by atoms with Crippen LogP contribution in [-0.2, 0) is 21.2 Å². The van der Waals surface area contributed by atoms with Gasteiger partial charge in [0.15, 0.2) is 9.84 Å². The number of methoxy groups -OCH3 is 2. The molecule has 1 atom stereocenters. The SMILES string of the molecule is COc1ccc(C2SCC(=O)N2Cc2ccc(S(C)(=O)=O)cc2)c(OC)c1. The third-order valence-electron chi connectivity index (χ3n) is 4.38. The predicted octanol–water partition coefficient (Wildman–Crippen LogP) is 2.88. The average molecular weight is 408 g/mol. The first-order valence-electron chi connectivity index (χ1n) is 8.25. The monoisotopic (exact) mass is 407 g/mol. The van der Waals surface area contributed by atoms with Gasteiger partial charge in [-0.25, -0.2) is 8.42 Å². The van der Waals surface area contributed by atoms with E-state index in [1.165, 1.54) is 6.26 Å². The molecule has 1 saturated heterocycles. The minimum atomic E-state index is -3.24. The molecule has 1 aliphatic heterocycles. The molecule has 1 fully saturated rings.